The van der Waals surface area contributed by atoms with Gasteiger partial charge in [-0.05, 0) is 56.2 Å². The summed E-state index contributed by atoms with van der Waals surface area (Å²) in [7, 11) is -4.04. The molecule has 2 rings (SSSR count). The van der Waals surface area contributed by atoms with Crippen LogP contribution in [0.1, 0.15) is 121 Å². The number of hydrogen-bond acceptors (Lipinski definition) is 8. The second-order valence-corrected chi connectivity index (χ2v) is 12.5. The number of ketones is 1. The Morgan fingerprint density at radius 2 is 1.09 bits per heavy atom. The van der Waals surface area contributed by atoms with Crippen LogP contribution < -0.4 is 18.7 Å². The van der Waals surface area contributed by atoms with Crippen molar-refractivity contribution in [2.75, 3.05) is 33.0 Å². The van der Waals surface area contributed by atoms with Crippen molar-refractivity contribution in [2.24, 2.45) is 0 Å². The van der Waals surface area contributed by atoms with Crippen molar-refractivity contribution in [2.45, 2.75) is 112 Å². The average molecular weight is 635 g/mol. The topological polar surface area (TPSA) is 89.5 Å². The predicted molar refractivity (Wildman–Crippen MR) is 177 cm³/mol. The van der Waals surface area contributed by atoms with Crippen molar-refractivity contribution in [3.63, 3.8) is 0 Å². The molecule has 0 aromatic heterocycles. The highest BCUT2D eigenvalue weighted by atomic mass is 31.2. The van der Waals surface area contributed by atoms with E-state index in [9.17, 15) is 9.36 Å². The number of carbonyl (C=O) groups is 1. The van der Waals surface area contributed by atoms with Crippen LogP contribution in [0.25, 0.3) is 0 Å². The Kier molecular flexibility index (Phi) is 18.9. The molecule has 0 fully saturated rings. The molecule has 0 atom stereocenters. The largest absolute Gasteiger partial charge is 0.530 e. The standard InChI is InChI=1S/C35H55O8P/c1-6-11-22-38-30-19-16-29(17-20-30)18-21-32(36)35-33(40-24-13-8-3)27-31(39-23-12-7-2)28-34(35)43-44(37,41-25-14-9-4)42-26-15-10-5/h16-17,19-20,27-28H,6-15,18,21-26H2,1-5H3. The zero-order valence-electron chi connectivity index (χ0n) is 27.7. The van der Waals surface area contributed by atoms with Crippen LogP contribution in [0.2, 0.25) is 0 Å². The van der Waals surface area contributed by atoms with Gasteiger partial charge in [0.15, 0.2) is 5.78 Å². The monoisotopic (exact) mass is 634 g/mol. The average Bonchev–Trinajstić information content (AvgIpc) is 3.01. The van der Waals surface area contributed by atoms with Crippen molar-refractivity contribution < 1.29 is 37.1 Å². The van der Waals surface area contributed by atoms with E-state index in [1.54, 1.807) is 12.1 Å². The molecule has 2 aromatic rings. The maximum absolute atomic E-state index is 13.9. The Balaban J connectivity index is 2.42. The van der Waals surface area contributed by atoms with Gasteiger partial charge in [-0.3, -0.25) is 13.8 Å². The van der Waals surface area contributed by atoms with E-state index in [4.69, 9.17) is 27.8 Å². The molecule has 0 spiro atoms. The molecule has 0 aliphatic carbocycles. The Morgan fingerprint density at radius 3 is 1.64 bits per heavy atom. The van der Waals surface area contributed by atoms with Crippen LogP contribution >= 0.6 is 7.82 Å². The quantitative estimate of drug-likeness (QED) is 0.0574. The van der Waals surface area contributed by atoms with Crippen molar-refractivity contribution in [3.05, 3.63) is 47.5 Å². The molecule has 0 aliphatic heterocycles. The zero-order chi connectivity index (χ0) is 32.0. The van der Waals surface area contributed by atoms with Gasteiger partial charge >= 0.3 is 7.82 Å². The molecule has 2 aromatic carbocycles. The van der Waals surface area contributed by atoms with E-state index in [0.717, 1.165) is 62.7 Å². The molecule has 9 heteroatoms. The first-order valence-corrected chi connectivity index (χ1v) is 18.1. The Morgan fingerprint density at radius 1 is 0.614 bits per heavy atom. The van der Waals surface area contributed by atoms with Crippen LogP contribution in [-0.2, 0) is 20.0 Å². The number of phosphoric ester groups is 1. The number of ether oxygens (including phenoxy) is 3. The lowest BCUT2D eigenvalue weighted by Crippen LogP contribution is -2.12. The van der Waals surface area contributed by atoms with E-state index in [1.165, 1.54) is 0 Å². The molecular weight excluding hydrogens is 579 g/mol. The lowest BCUT2D eigenvalue weighted by atomic mass is 10.0. The van der Waals surface area contributed by atoms with Crippen molar-refractivity contribution in [1.29, 1.82) is 0 Å². The second kappa shape index (κ2) is 22.0. The summed E-state index contributed by atoms with van der Waals surface area (Å²) in [4.78, 5) is 13.9. The first kappa shape index (κ1) is 37.6. The van der Waals surface area contributed by atoms with Crippen molar-refractivity contribution in [3.8, 4) is 23.0 Å². The highest BCUT2D eigenvalue weighted by Crippen LogP contribution is 2.52. The minimum absolute atomic E-state index is 0.0894. The van der Waals surface area contributed by atoms with Crippen LogP contribution in [0.15, 0.2) is 36.4 Å². The van der Waals surface area contributed by atoms with Crippen LogP contribution in [0, 0.1) is 0 Å². The van der Waals surface area contributed by atoms with Crippen LogP contribution in [0.4, 0.5) is 0 Å². The van der Waals surface area contributed by atoms with E-state index in [2.05, 4.69) is 20.8 Å². The lowest BCUT2D eigenvalue weighted by molar-refractivity contribution is 0.0975. The van der Waals surface area contributed by atoms with Gasteiger partial charge < -0.3 is 18.7 Å². The third-order valence-corrected chi connectivity index (χ3v) is 8.29. The molecule has 0 heterocycles. The molecule has 0 bridgehead atoms. The third-order valence-electron chi connectivity index (χ3n) is 6.88. The van der Waals surface area contributed by atoms with Gasteiger partial charge in [0.2, 0.25) is 0 Å². The van der Waals surface area contributed by atoms with Gasteiger partial charge in [0.1, 0.15) is 28.6 Å². The highest BCUT2D eigenvalue weighted by Gasteiger charge is 2.32. The van der Waals surface area contributed by atoms with Gasteiger partial charge in [-0.2, -0.15) is 0 Å². The van der Waals surface area contributed by atoms with Crippen molar-refractivity contribution >= 4 is 13.6 Å². The summed E-state index contributed by atoms with van der Waals surface area (Å²) in [6.45, 7) is 12.4. The van der Waals surface area contributed by atoms with Crippen molar-refractivity contribution in [1.82, 2.24) is 0 Å². The van der Waals surface area contributed by atoms with Crippen LogP contribution in [0.5, 0.6) is 23.0 Å². The van der Waals surface area contributed by atoms with E-state index in [1.807, 2.05) is 38.1 Å². The Bertz CT molecular complexity index is 1100. The highest BCUT2D eigenvalue weighted by molar-refractivity contribution is 7.48. The Labute approximate surface area is 265 Å². The molecule has 8 nitrogen and oxygen atoms in total. The fourth-order valence-corrected chi connectivity index (χ4v) is 5.36. The summed E-state index contributed by atoms with van der Waals surface area (Å²) >= 11 is 0. The van der Waals surface area contributed by atoms with E-state index < -0.39 is 7.82 Å². The first-order chi connectivity index (χ1) is 21.4. The van der Waals surface area contributed by atoms with E-state index in [-0.39, 0.29) is 36.7 Å². The number of phosphoric acid groups is 1. The molecule has 0 amide bonds. The van der Waals surface area contributed by atoms with Gasteiger partial charge in [0.25, 0.3) is 0 Å². The summed E-state index contributed by atoms with van der Waals surface area (Å²) in [5.74, 6) is 1.54. The smallest absolute Gasteiger partial charge is 0.494 e. The molecule has 0 radical (unpaired) electrons. The molecule has 44 heavy (non-hydrogen) atoms. The van der Waals surface area contributed by atoms with E-state index in [0.29, 0.717) is 50.6 Å². The summed E-state index contributed by atoms with van der Waals surface area (Å²) in [6, 6.07) is 11.2. The maximum Gasteiger partial charge on any atom is 0.530 e. The second-order valence-electron chi connectivity index (χ2n) is 10.9. The number of hydrogen-bond donors (Lipinski definition) is 0. The summed E-state index contributed by atoms with van der Waals surface area (Å²) < 4.78 is 49.3. The van der Waals surface area contributed by atoms with Gasteiger partial charge in [0, 0.05) is 18.6 Å². The predicted octanol–water partition coefficient (Wildman–Crippen LogP) is 10.2. The number of benzene rings is 2. The number of unbranched alkanes of at least 4 members (excludes halogenated alkanes) is 5. The third kappa shape index (κ3) is 14.0. The zero-order valence-corrected chi connectivity index (χ0v) is 28.6. The SMILES string of the molecule is CCCCOc1ccc(CCC(=O)c2c(OCCCC)cc(OCCCC)cc2OP(=O)(OCCCC)OCCCC)cc1. The van der Waals surface area contributed by atoms with Gasteiger partial charge in [-0.1, -0.05) is 78.9 Å². The van der Waals surface area contributed by atoms with Gasteiger partial charge in [0.05, 0.1) is 33.0 Å². The summed E-state index contributed by atoms with van der Waals surface area (Å²) in [5.41, 5.74) is 1.23. The molecule has 0 unspecified atom stereocenters. The number of aryl methyl sites for hydroxylation is 1. The normalized spacial score (nSPS) is 11.4. The van der Waals surface area contributed by atoms with Gasteiger partial charge in [-0.15, -0.1) is 0 Å². The summed E-state index contributed by atoms with van der Waals surface area (Å²) in [6.07, 6.45) is 9.49. The Hall–Kier alpha value is -2.54. The molecule has 0 aliphatic rings. The van der Waals surface area contributed by atoms with Gasteiger partial charge in [-0.25, -0.2) is 4.57 Å². The molecule has 0 saturated heterocycles. The van der Waals surface area contributed by atoms with E-state index >= 15 is 0 Å². The molecule has 0 N–H and O–H groups in total. The fraction of sp³-hybridized carbons (Fsp3) is 0.629. The molecule has 0 saturated carbocycles. The van der Waals surface area contributed by atoms with Crippen LogP contribution in [0.3, 0.4) is 0 Å². The minimum Gasteiger partial charge on any atom is -0.494 e. The minimum atomic E-state index is -4.04. The fourth-order valence-electron chi connectivity index (χ4n) is 4.09. The number of Topliss-reactive ketones (excluding diaryl/α,β-unsaturated/α-hetero) is 1. The number of carbonyl (C=O) groups excluding carboxylic acids is 1. The number of rotatable bonds is 26. The molecular formula is C35H55O8P. The maximum atomic E-state index is 13.9. The first-order valence-electron chi connectivity index (χ1n) is 16.7. The molecule has 248 valence electrons. The summed E-state index contributed by atoms with van der Waals surface area (Å²) in [5, 5.41) is 0. The van der Waals surface area contributed by atoms with Crippen LogP contribution in [-0.4, -0.2) is 38.8 Å². The lowest BCUT2D eigenvalue weighted by Gasteiger charge is -2.22.